The van der Waals surface area contributed by atoms with E-state index < -0.39 is 16.1 Å². The smallest absolute Gasteiger partial charge is 0.207 e. The van der Waals surface area contributed by atoms with Crippen LogP contribution in [0.2, 0.25) is 5.02 Å². The van der Waals surface area contributed by atoms with Crippen LogP contribution in [0.3, 0.4) is 0 Å². The van der Waals surface area contributed by atoms with Crippen molar-refractivity contribution in [1.29, 1.82) is 0 Å². The number of hydrogen-bond donors (Lipinski definition) is 1. The zero-order chi connectivity index (χ0) is 15.6. The molecule has 0 fully saturated rings. The molecule has 0 saturated heterocycles. The number of thiophene rings is 2. The van der Waals surface area contributed by atoms with Crippen LogP contribution in [0.1, 0.15) is 16.5 Å². The topological polar surface area (TPSA) is 46.2 Å². The van der Waals surface area contributed by atoms with Crippen molar-refractivity contribution in [2.24, 2.45) is 0 Å². The maximum absolute atomic E-state index is 12.7. The van der Waals surface area contributed by atoms with Crippen molar-refractivity contribution in [3.8, 4) is 0 Å². The number of benzene rings is 1. The van der Waals surface area contributed by atoms with Gasteiger partial charge in [0.05, 0.1) is 11.1 Å². The van der Waals surface area contributed by atoms with Crippen LogP contribution in [0.5, 0.6) is 0 Å². The minimum Gasteiger partial charge on any atom is -0.207 e. The summed E-state index contributed by atoms with van der Waals surface area (Å²) in [5.41, 5.74) is 0.920. The van der Waals surface area contributed by atoms with Gasteiger partial charge in [0.15, 0.2) is 0 Å². The molecule has 114 valence electrons. The van der Waals surface area contributed by atoms with Gasteiger partial charge in [-0.05, 0) is 46.0 Å². The first-order valence-electron chi connectivity index (χ1n) is 6.40. The molecule has 1 N–H and O–H groups in total. The monoisotopic (exact) mass is 369 g/mol. The van der Waals surface area contributed by atoms with Gasteiger partial charge < -0.3 is 0 Å². The van der Waals surface area contributed by atoms with Gasteiger partial charge in [-0.1, -0.05) is 29.8 Å². The first kappa shape index (κ1) is 15.7. The molecule has 0 spiro atoms. The van der Waals surface area contributed by atoms with E-state index in [-0.39, 0.29) is 9.92 Å². The van der Waals surface area contributed by atoms with E-state index in [0.29, 0.717) is 0 Å². The predicted molar refractivity (Wildman–Crippen MR) is 92.3 cm³/mol. The molecule has 2 aromatic heterocycles. The maximum atomic E-state index is 12.7. The first-order valence-corrected chi connectivity index (χ1v) is 10.1. The molecule has 0 aliphatic carbocycles. The molecule has 0 amide bonds. The number of sulfonamides is 1. The minimum absolute atomic E-state index is 0.0912. The number of hydrogen-bond acceptors (Lipinski definition) is 4. The third-order valence-electron chi connectivity index (χ3n) is 3.10. The van der Waals surface area contributed by atoms with Gasteiger partial charge in [0.25, 0.3) is 0 Å². The second-order valence-corrected chi connectivity index (χ2v) is 8.41. The van der Waals surface area contributed by atoms with Crippen molar-refractivity contribution in [1.82, 2.24) is 4.72 Å². The van der Waals surface area contributed by atoms with Gasteiger partial charge in [-0.3, -0.25) is 0 Å². The summed E-state index contributed by atoms with van der Waals surface area (Å²) < 4.78 is 28.1. The summed E-state index contributed by atoms with van der Waals surface area (Å²) in [5.74, 6) is 0. The van der Waals surface area contributed by atoms with Gasteiger partial charge in [-0.2, -0.15) is 16.1 Å². The number of nitrogens with one attached hydrogen (secondary N) is 1. The van der Waals surface area contributed by atoms with E-state index in [0.717, 1.165) is 10.4 Å². The fourth-order valence-corrected chi connectivity index (χ4v) is 5.35. The summed E-state index contributed by atoms with van der Waals surface area (Å²) >= 11 is 9.08. The lowest BCUT2D eigenvalue weighted by molar-refractivity contribution is 0.573. The standard InChI is InChI=1S/C15H12ClNO2S3/c16-12-4-1-2-6-14(12)22(18,19)17-15(11-7-9-20-10-11)13-5-3-8-21-13/h1-10,15,17H/t15-/m0/s1. The van der Waals surface area contributed by atoms with E-state index in [2.05, 4.69) is 4.72 Å². The summed E-state index contributed by atoms with van der Waals surface area (Å²) in [7, 11) is -3.71. The molecule has 0 aliphatic heterocycles. The van der Waals surface area contributed by atoms with Crippen LogP contribution in [0, 0.1) is 0 Å². The fraction of sp³-hybridized carbons (Fsp3) is 0.0667. The third-order valence-corrected chi connectivity index (χ3v) is 6.66. The van der Waals surface area contributed by atoms with Gasteiger partial charge in [0, 0.05) is 4.88 Å². The average Bonchev–Trinajstić information content (AvgIpc) is 3.19. The molecule has 3 rings (SSSR count). The van der Waals surface area contributed by atoms with Gasteiger partial charge in [0.1, 0.15) is 4.90 Å². The van der Waals surface area contributed by atoms with E-state index in [1.54, 1.807) is 18.2 Å². The summed E-state index contributed by atoms with van der Waals surface area (Å²) in [6.45, 7) is 0. The molecule has 0 unspecified atom stereocenters. The van der Waals surface area contributed by atoms with Crippen molar-refractivity contribution in [2.75, 3.05) is 0 Å². The summed E-state index contributed by atoms with van der Waals surface area (Å²) in [6.07, 6.45) is 0. The molecule has 22 heavy (non-hydrogen) atoms. The zero-order valence-corrected chi connectivity index (χ0v) is 14.5. The molecule has 0 radical (unpaired) electrons. The lowest BCUT2D eigenvalue weighted by Gasteiger charge is -2.17. The van der Waals surface area contributed by atoms with Crippen molar-refractivity contribution in [2.45, 2.75) is 10.9 Å². The van der Waals surface area contributed by atoms with E-state index >= 15 is 0 Å². The van der Waals surface area contributed by atoms with Crippen LogP contribution in [-0.2, 0) is 10.0 Å². The lowest BCUT2D eigenvalue weighted by Crippen LogP contribution is -2.28. The summed E-state index contributed by atoms with van der Waals surface area (Å²) in [5, 5.41) is 6.02. The van der Waals surface area contributed by atoms with Crippen LogP contribution in [0.15, 0.2) is 63.5 Å². The SMILES string of the molecule is O=S(=O)(N[C@@H](c1ccsc1)c1cccs1)c1ccccc1Cl. The molecule has 0 saturated carbocycles. The molecule has 1 aromatic carbocycles. The Morgan fingerprint density at radius 3 is 2.50 bits per heavy atom. The Balaban J connectivity index is 1.99. The first-order chi connectivity index (χ1) is 10.6. The second-order valence-electron chi connectivity index (χ2n) is 4.56. The summed E-state index contributed by atoms with van der Waals surface area (Å²) in [4.78, 5) is 1.03. The van der Waals surface area contributed by atoms with E-state index in [9.17, 15) is 8.42 Å². The molecular formula is C15H12ClNO2S3. The van der Waals surface area contributed by atoms with Gasteiger partial charge in [0.2, 0.25) is 10.0 Å². The highest BCUT2D eigenvalue weighted by atomic mass is 35.5. The van der Waals surface area contributed by atoms with E-state index in [1.807, 2.05) is 34.3 Å². The van der Waals surface area contributed by atoms with Crippen molar-refractivity contribution < 1.29 is 8.42 Å². The Morgan fingerprint density at radius 2 is 1.86 bits per heavy atom. The van der Waals surface area contributed by atoms with Crippen LogP contribution < -0.4 is 4.72 Å². The van der Waals surface area contributed by atoms with Gasteiger partial charge in [-0.15, -0.1) is 11.3 Å². The van der Waals surface area contributed by atoms with Crippen molar-refractivity contribution in [3.63, 3.8) is 0 Å². The van der Waals surface area contributed by atoms with Crippen LogP contribution in [0.25, 0.3) is 0 Å². The Hall–Kier alpha value is -1.18. The molecule has 0 aliphatic rings. The zero-order valence-electron chi connectivity index (χ0n) is 11.3. The lowest BCUT2D eigenvalue weighted by atomic mass is 10.1. The normalized spacial score (nSPS) is 13.1. The van der Waals surface area contributed by atoms with Crippen LogP contribution in [0.4, 0.5) is 0 Å². The Kier molecular flexibility index (Phi) is 4.65. The Morgan fingerprint density at radius 1 is 1.05 bits per heavy atom. The highest BCUT2D eigenvalue weighted by Crippen LogP contribution is 2.30. The minimum atomic E-state index is -3.71. The molecule has 1 atom stereocenters. The Labute approximate surface area is 142 Å². The fourth-order valence-electron chi connectivity index (χ4n) is 2.07. The molecular weight excluding hydrogens is 358 g/mol. The molecule has 2 heterocycles. The van der Waals surface area contributed by atoms with Gasteiger partial charge >= 0.3 is 0 Å². The van der Waals surface area contributed by atoms with Crippen LogP contribution in [-0.4, -0.2) is 8.42 Å². The van der Waals surface area contributed by atoms with Gasteiger partial charge in [-0.25, -0.2) is 8.42 Å². The largest absolute Gasteiger partial charge is 0.242 e. The molecule has 7 heteroatoms. The Bertz CT molecular complexity index is 809. The summed E-state index contributed by atoms with van der Waals surface area (Å²) in [6, 6.07) is 11.8. The maximum Gasteiger partial charge on any atom is 0.242 e. The van der Waals surface area contributed by atoms with E-state index in [1.165, 1.54) is 28.7 Å². The predicted octanol–water partition coefficient (Wildman–Crippen LogP) is 4.53. The quantitative estimate of drug-likeness (QED) is 0.718. The van der Waals surface area contributed by atoms with E-state index in [4.69, 9.17) is 11.6 Å². The molecule has 3 nitrogen and oxygen atoms in total. The highest BCUT2D eigenvalue weighted by Gasteiger charge is 2.25. The van der Waals surface area contributed by atoms with Crippen molar-refractivity contribution >= 4 is 44.3 Å². The second kappa shape index (κ2) is 6.52. The average molecular weight is 370 g/mol. The van der Waals surface area contributed by atoms with Crippen molar-refractivity contribution in [3.05, 3.63) is 74.1 Å². The number of halogens is 1. The third kappa shape index (κ3) is 3.26. The van der Waals surface area contributed by atoms with Crippen LogP contribution >= 0.6 is 34.3 Å². The highest BCUT2D eigenvalue weighted by molar-refractivity contribution is 7.89. The molecule has 0 bridgehead atoms. The molecule has 3 aromatic rings. The number of rotatable bonds is 5.